The third-order valence-corrected chi connectivity index (χ3v) is 3.96. The molecule has 0 saturated carbocycles. The van der Waals surface area contributed by atoms with Crippen LogP contribution in [0.1, 0.15) is 17.2 Å². The molecule has 0 aliphatic heterocycles. The molecule has 24 heavy (non-hydrogen) atoms. The highest BCUT2D eigenvalue weighted by atomic mass is 19.1. The molecule has 0 saturated heterocycles. The van der Waals surface area contributed by atoms with E-state index >= 15 is 0 Å². The van der Waals surface area contributed by atoms with Crippen LogP contribution in [-0.2, 0) is 0 Å². The Hall–Kier alpha value is -3.21. The number of benzene rings is 1. The van der Waals surface area contributed by atoms with Crippen LogP contribution in [0.3, 0.4) is 0 Å². The van der Waals surface area contributed by atoms with Crippen LogP contribution in [-0.4, -0.2) is 15.0 Å². The fourth-order valence-electron chi connectivity index (χ4n) is 2.84. The molecule has 3 heterocycles. The summed E-state index contributed by atoms with van der Waals surface area (Å²) in [5.74, 6) is 0.489. The molecule has 0 radical (unpaired) electrons. The molecular formula is C19H15FN4. The summed E-state index contributed by atoms with van der Waals surface area (Å²) >= 11 is 0. The summed E-state index contributed by atoms with van der Waals surface area (Å²) in [5.41, 5.74) is 2.82. The van der Waals surface area contributed by atoms with E-state index in [-0.39, 0.29) is 11.9 Å². The number of nitrogens with zero attached hydrogens (tertiary/aromatic N) is 2. The molecule has 0 bridgehead atoms. The highest BCUT2D eigenvalue weighted by molar-refractivity contribution is 5.84. The van der Waals surface area contributed by atoms with Crippen molar-refractivity contribution < 1.29 is 4.39 Å². The number of nitrogens with one attached hydrogen (secondary N) is 2. The average Bonchev–Trinajstić information content (AvgIpc) is 3.04. The van der Waals surface area contributed by atoms with Gasteiger partial charge in [-0.2, -0.15) is 0 Å². The Balaban J connectivity index is 1.84. The highest BCUT2D eigenvalue weighted by Gasteiger charge is 2.19. The first-order valence-corrected chi connectivity index (χ1v) is 7.65. The lowest BCUT2D eigenvalue weighted by molar-refractivity contribution is 0.629. The average molecular weight is 318 g/mol. The number of fused-ring (bicyclic) bond motifs is 1. The summed E-state index contributed by atoms with van der Waals surface area (Å²) in [6.45, 7) is 0. The minimum absolute atomic E-state index is 0.191. The molecule has 0 spiro atoms. The summed E-state index contributed by atoms with van der Waals surface area (Å²) in [4.78, 5) is 11.7. The summed E-state index contributed by atoms with van der Waals surface area (Å²) < 4.78 is 13.7. The van der Waals surface area contributed by atoms with Gasteiger partial charge in [0.05, 0.1) is 6.04 Å². The summed E-state index contributed by atoms with van der Waals surface area (Å²) in [6.07, 6.45) is 7.17. The topological polar surface area (TPSA) is 53.6 Å². The van der Waals surface area contributed by atoms with Crippen molar-refractivity contribution in [3.63, 3.8) is 0 Å². The van der Waals surface area contributed by atoms with Gasteiger partial charge in [-0.1, -0.05) is 12.1 Å². The van der Waals surface area contributed by atoms with E-state index < -0.39 is 0 Å². The monoisotopic (exact) mass is 318 g/mol. The Bertz CT molecular complexity index is 951. The smallest absolute Gasteiger partial charge is 0.126 e. The third kappa shape index (κ3) is 2.72. The molecule has 4 rings (SSSR count). The molecule has 0 aliphatic carbocycles. The van der Waals surface area contributed by atoms with E-state index in [9.17, 15) is 4.39 Å². The zero-order chi connectivity index (χ0) is 16.4. The molecule has 1 unspecified atom stereocenters. The molecule has 5 heteroatoms. The molecular weight excluding hydrogens is 303 g/mol. The number of aromatic nitrogens is 3. The van der Waals surface area contributed by atoms with Gasteiger partial charge in [0.2, 0.25) is 0 Å². The molecule has 1 atom stereocenters. The van der Waals surface area contributed by atoms with E-state index in [1.54, 1.807) is 30.7 Å². The van der Waals surface area contributed by atoms with E-state index in [2.05, 4.69) is 20.3 Å². The number of H-pyrrole nitrogens is 1. The summed E-state index contributed by atoms with van der Waals surface area (Å²) in [6, 6.07) is 14.1. The van der Waals surface area contributed by atoms with E-state index in [1.165, 1.54) is 6.07 Å². The van der Waals surface area contributed by atoms with Gasteiger partial charge >= 0.3 is 0 Å². The minimum Gasteiger partial charge on any atom is -0.361 e. The van der Waals surface area contributed by atoms with Gasteiger partial charge in [-0.3, -0.25) is 4.98 Å². The van der Waals surface area contributed by atoms with Crippen LogP contribution in [0.4, 0.5) is 10.2 Å². The van der Waals surface area contributed by atoms with Gasteiger partial charge < -0.3 is 10.3 Å². The van der Waals surface area contributed by atoms with Crippen molar-refractivity contribution in [3.8, 4) is 0 Å². The van der Waals surface area contributed by atoms with Gasteiger partial charge in [0.25, 0.3) is 0 Å². The molecule has 4 nitrogen and oxygen atoms in total. The van der Waals surface area contributed by atoms with Gasteiger partial charge in [0, 0.05) is 41.3 Å². The van der Waals surface area contributed by atoms with Crippen molar-refractivity contribution in [2.24, 2.45) is 0 Å². The quantitative estimate of drug-likeness (QED) is 0.590. The molecule has 118 valence electrons. The Morgan fingerprint density at radius 2 is 2.00 bits per heavy atom. The van der Waals surface area contributed by atoms with E-state index in [1.807, 2.05) is 36.5 Å². The van der Waals surface area contributed by atoms with E-state index in [0.717, 1.165) is 27.8 Å². The fourth-order valence-corrected chi connectivity index (χ4v) is 2.84. The highest BCUT2D eigenvalue weighted by Crippen LogP contribution is 2.31. The molecule has 4 aromatic rings. The van der Waals surface area contributed by atoms with Crippen molar-refractivity contribution in [2.45, 2.75) is 6.04 Å². The first-order chi connectivity index (χ1) is 11.8. The van der Waals surface area contributed by atoms with Crippen LogP contribution in [0.15, 0.2) is 73.3 Å². The number of pyridine rings is 2. The van der Waals surface area contributed by atoms with Gasteiger partial charge in [0.1, 0.15) is 11.6 Å². The Morgan fingerprint density at radius 3 is 2.79 bits per heavy atom. The van der Waals surface area contributed by atoms with Crippen LogP contribution < -0.4 is 5.32 Å². The molecule has 1 aromatic carbocycles. The molecule has 0 amide bonds. The first kappa shape index (κ1) is 14.4. The van der Waals surface area contributed by atoms with Gasteiger partial charge in [-0.05, 0) is 42.0 Å². The van der Waals surface area contributed by atoms with E-state index in [4.69, 9.17) is 0 Å². The van der Waals surface area contributed by atoms with Crippen molar-refractivity contribution in [2.75, 3.05) is 5.32 Å². The normalized spacial score (nSPS) is 12.2. The van der Waals surface area contributed by atoms with Crippen molar-refractivity contribution in [1.82, 2.24) is 15.0 Å². The van der Waals surface area contributed by atoms with Crippen LogP contribution in [0, 0.1) is 5.82 Å². The molecule has 3 aromatic heterocycles. The Labute approximate surface area is 138 Å². The van der Waals surface area contributed by atoms with Crippen molar-refractivity contribution in [3.05, 3.63) is 90.3 Å². The van der Waals surface area contributed by atoms with Crippen LogP contribution >= 0.6 is 0 Å². The zero-order valence-electron chi connectivity index (χ0n) is 12.8. The van der Waals surface area contributed by atoms with Crippen molar-refractivity contribution in [1.29, 1.82) is 0 Å². The van der Waals surface area contributed by atoms with Crippen LogP contribution in [0.25, 0.3) is 10.9 Å². The van der Waals surface area contributed by atoms with Crippen LogP contribution in [0.5, 0.6) is 0 Å². The number of rotatable bonds is 4. The van der Waals surface area contributed by atoms with Gasteiger partial charge in [0.15, 0.2) is 0 Å². The Morgan fingerprint density at radius 1 is 1.04 bits per heavy atom. The third-order valence-electron chi connectivity index (χ3n) is 3.96. The lowest BCUT2D eigenvalue weighted by Crippen LogP contribution is -2.13. The van der Waals surface area contributed by atoms with Gasteiger partial charge in [-0.25, -0.2) is 9.37 Å². The van der Waals surface area contributed by atoms with Gasteiger partial charge in [-0.15, -0.1) is 0 Å². The second-order valence-corrected chi connectivity index (χ2v) is 5.51. The largest absolute Gasteiger partial charge is 0.361 e. The number of anilines is 1. The standard InChI is InChI=1S/C19H15FN4/c20-14-6-7-17-15(10-14)16(12-23-17)19(13-4-3-8-21-11-13)24-18-5-1-2-9-22-18/h1-12,19,23H,(H,22,24). The summed E-state index contributed by atoms with van der Waals surface area (Å²) in [7, 11) is 0. The Kier molecular flexibility index (Phi) is 3.67. The van der Waals surface area contributed by atoms with Crippen molar-refractivity contribution >= 4 is 16.7 Å². The number of hydrogen-bond donors (Lipinski definition) is 2. The first-order valence-electron chi connectivity index (χ1n) is 7.65. The number of halogens is 1. The minimum atomic E-state index is -0.258. The zero-order valence-corrected chi connectivity index (χ0v) is 12.8. The second kappa shape index (κ2) is 6.12. The molecule has 0 aliphatic rings. The number of aromatic amines is 1. The second-order valence-electron chi connectivity index (χ2n) is 5.51. The maximum atomic E-state index is 13.7. The SMILES string of the molecule is Fc1ccc2[nH]cc(C(Nc3ccccn3)c3cccnc3)c2c1. The predicted molar refractivity (Wildman–Crippen MR) is 92.2 cm³/mol. The fraction of sp³-hybridized carbons (Fsp3) is 0.0526. The predicted octanol–water partition coefficient (Wildman–Crippen LogP) is 4.30. The lowest BCUT2D eigenvalue weighted by Gasteiger charge is -2.19. The lowest BCUT2D eigenvalue weighted by atomic mass is 9.99. The molecule has 0 fully saturated rings. The number of hydrogen-bond acceptors (Lipinski definition) is 3. The maximum Gasteiger partial charge on any atom is 0.126 e. The maximum absolute atomic E-state index is 13.7. The molecule has 2 N–H and O–H groups in total. The van der Waals surface area contributed by atoms with E-state index in [0.29, 0.717) is 0 Å². The summed E-state index contributed by atoms with van der Waals surface area (Å²) in [5, 5.41) is 4.26. The van der Waals surface area contributed by atoms with Crippen LogP contribution in [0.2, 0.25) is 0 Å².